The second kappa shape index (κ2) is 7.41. The van der Waals surface area contributed by atoms with Crippen molar-refractivity contribution in [3.05, 3.63) is 95.8 Å². The highest BCUT2D eigenvalue weighted by Crippen LogP contribution is 2.28. The van der Waals surface area contributed by atoms with Crippen molar-refractivity contribution in [1.29, 1.82) is 5.26 Å². The Kier molecular flexibility index (Phi) is 4.65. The first-order valence-electron chi connectivity index (χ1n) is 8.44. The van der Waals surface area contributed by atoms with Crippen LogP contribution in [0.4, 0.5) is 0 Å². The predicted octanol–water partition coefficient (Wildman–Crippen LogP) is 6.00. The lowest BCUT2D eigenvalue weighted by atomic mass is 10.00. The van der Waals surface area contributed by atoms with Crippen LogP contribution in [0.15, 0.2) is 84.9 Å². The summed E-state index contributed by atoms with van der Waals surface area (Å²) in [4.78, 5) is 8.76. The Morgan fingerprint density at radius 2 is 1.26 bits per heavy atom. The molecule has 0 saturated heterocycles. The molecule has 0 fully saturated rings. The standard InChI is InChI=1S/C23H14ClN3/c24-23-26-21(18-5-2-1-3-6-18)14-22(27-23)20-8-4-7-19(13-20)17-11-9-16(15-25)10-12-17/h1-14H. The summed E-state index contributed by atoms with van der Waals surface area (Å²) >= 11 is 6.19. The van der Waals surface area contributed by atoms with Crippen LogP contribution in [0.2, 0.25) is 5.28 Å². The van der Waals surface area contributed by atoms with Gasteiger partial charge in [-0.2, -0.15) is 5.26 Å². The molecule has 0 amide bonds. The summed E-state index contributed by atoms with van der Waals surface area (Å²) in [6.07, 6.45) is 0. The van der Waals surface area contributed by atoms with Gasteiger partial charge in [-0.15, -0.1) is 0 Å². The molecule has 4 heteroatoms. The first-order chi connectivity index (χ1) is 13.2. The minimum absolute atomic E-state index is 0.218. The van der Waals surface area contributed by atoms with Crippen molar-refractivity contribution >= 4 is 11.6 Å². The molecule has 0 unspecified atom stereocenters. The van der Waals surface area contributed by atoms with E-state index >= 15 is 0 Å². The van der Waals surface area contributed by atoms with Gasteiger partial charge in [-0.1, -0.05) is 60.7 Å². The number of rotatable bonds is 3. The van der Waals surface area contributed by atoms with Gasteiger partial charge >= 0.3 is 0 Å². The van der Waals surface area contributed by atoms with E-state index in [0.29, 0.717) is 5.56 Å². The van der Waals surface area contributed by atoms with Gasteiger partial charge in [0.25, 0.3) is 0 Å². The van der Waals surface area contributed by atoms with Crippen LogP contribution in [0.1, 0.15) is 5.56 Å². The monoisotopic (exact) mass is 367 g/mol. The smallest absolute Gasteiger partial charge is 0.218 e. The molecule has 1 aromatic heterocycles. The van der Waals surface area contributed by atoms with Gasteiger partial charge in [0, 0.05) is 11.1 Å². The van der Waals surface area contributed by atoms with Crippen LogP contribution in [0.3, 0.4) is 0 Å². The Balaban J connectivity index is 1.76. The molecule has 0 atom stereocenters. The molecule has 3 nitrogen and oxygen atoms in total. The van der Waals surface area contributed by atoms with E-state index in [0.717, 1.165) is 33.6 Å². The molecule has 4 rings (SSSR count). The van der Waals surface area contributed by atoms with Crippen LogP contribution in [-0.2, 0) is 0 Å². The normalized spacial score (nSPS) is 10.4. The molecule has 0 spiro atoms. The van der Waals surface area contributed by atoms with Gasteiger partial charge in [-0.05, 0) is 47.0 Å². The van der Waals surface area contributed by atoms with E-state index in [4.69, 9.17) is 16.9 Å². The zero-order chi connectivity index (χ0) is 18.6. The van der Waals surface area contributed by atoms with Crippen molar-refractivity contribution in [2.75, 3.05) is 0 Å². The van der Waals surface area contributed by atoms with Crippen molar-refractivity contribution in [1.82, 2.24) is 9.97 Å². The van der Waals surface area contributed by atoms with Gasteiger partial charge in [0.05, 0.1) is 23.0 Å². The highest BCUT2D eigenvalue weighted by Gasteiger charge is 2.08. The number of hydrogen-bond acceptors (Lipinski definition) is 3. The predicted molar refractivity (Wildman–Crippen MR) is 108 cm³/mol. The zero-order valence-electron chi connectivity index (χ0n) is 14.3. The van der Waals surface area contributed by atoms with E-state index in [9.17, 15) is 0 Å². The fourth-order valence-corrected chi connectivity index (χ4v) is 3.10. The van der Waals surface area contributed by atoms with Crippen LogP contribution < -0.4 is 0 Å². The van der Waals surface area contributed by atoms with Crippen LogP contribution in [0.5, 0.6) is 0 Å². The Morgan fingerprint density at radius 3 is 1.96 bits per heavy atom. The largest absolute Gasteiger partial charge is 0.223 e. The maximum absolute atomic E-state index is 8.96. The van der Waals surface area contributed by atoms with E-state index < -0.39 is 0 Å². The van der Waals surface area contributed by atoms with Gasteiger partial charge in [-0.25, -0.2) is 9.97 Å². The fraction of sp³-hybridized carbons (Fsp3) is 0. The molecular formula is C23H14ClN3. The van der Waals surface area contributed by atoms with E-state index in [-0.39, 0.29) is 5.28 Å². The third-order valence-electron chi connectivity index (χ3n) is 4.27. The number of benzene rings is 3. The lowest BCUT2D eigenvalue weighted by molar-refractivity contribution is 1.18. The summed E-state index contributed by atoms with van der Waals surface area (Å²) in [7, 11) is 0. The minimum Gasteiger partial charge on any atom is -0.218 e. The van der Waals surface area contributed by atoms with Crippen molar-refractivity contribution in [2.45, 2.75) is 0 Å². The van der Waals surface area contributed by atoms with E-state index in [1.165, 1.54) is 0 Å². The molecule has 0 radical (unpaired) electrons. The van der Waals surface area contributed by atoms with E-state index in [2.05, 4.69) is 22.1 Å². The maximum atomic E-state index is 8.96. The molecule has 4 aromatic rings. The SMILES string of the molecule is N#Cc1ccc(-c2cccc(-c3cc(-c4ccccc4)nc(Cl)n3)c2)cc1. The van der Waals surface area contributed by atoms with Crippen LogP contribution >= 0.6 is 11.6 Å². The summed E-state index contributed by atoms with van der Waals surface area (Å²) in [5.74, 6) is 0. The lowest BCUT2D eigenvalue weighted by Gasteiger charge is -2.08. The van der Waals surface area contributed by atoms with Crippen molar-refractivity contribution in [2.24, 2.45) is 0 Å². The first-order valence-corrected chi connectivity index (χ1v) is 8.82. The number of halogens is 1. The van der Waals surface area contributed by atoms with Crippen LogP contribution in [0.25, 0.3) is 33.6 Å². The summed E-state index contributed by atoms with van der Waals surface area (Å²) in [6.45, 7) is 0. The Hall–Kier alpha value is -3.48. The van der Waals surface area contributed by atoms with Gasteiger partial charge in [0.2, 0.25) is 5.28 Å². The van der Waals surface area contributed by atoms with Crippen LogP contribution in [-0.4, -0.2) is 9.97 Å². The maximum Gasteiger partial charge on any atom is 0.223 e. The van der Waals surface area contributed by atoms with Crippen molar-refractivity contribution in [3.8, 4) is 39.7 Å². The highest BCUT2D eigenvalue weighted by atomic mass is 35.5. The zero-order valence-corrected chi connectivity index (χ0v) is 15.1. The third-order valence-corrected chi connectivity index (χ3v) is 4.44. The molecule has 3 aromatic carbocycles. The molecule has 0 N–H and O–H groups in total. The molecular weight excluding hydrogens is 354 g/mol. The topological polar surface area (TPSA) is 49.6 Å². The molecule has 0 aliphatic heterocycles. The van der Waals surface area contributed by atoms with Crippen molar-refractivity contribution < 1.29 is 0 Å². The Bertz CT molecular complexity index is 1130. The Labute approximate surface area is 162 Å². The molecule has 0 saturated carbocycles. The minimum atomic E-state index is 0.218. The summed E-state index contributed by atoms with van der Waals surface area (Å²) in [5.41, 5.74) is 6.24. The summed E-state index contributed by atoms with van der Waals surface area (Å²) in [6, 6.07) is 29.6. The number of nitriles is 1. The quantitative estimate of drug-likeness (QED) is 0.417. The molecule has 0 aliphatic carbocycles. The van der Waals surface area contributed by atoms with Gasteiger partial charge in [0.15, 0.2) is 0 Å². The molecule has 128 valence electrons. The average Bonchev–Trinajstić information content (AvgIpc) is 2.74. The second-order valence-electron chi connectivity index (χ2n) is 6.04. The fourth-order valence-electron chi connectivity index (χ4n) is 2.92. The number of nitrogens with zero attached hydrogens (tertiary/aromatic N) is 3. The van der Waals surface area contributed by atoms with Crippen molar-refractivity contribution in [3.63, 3.8) is 0 Å². The average molecular weight is 368 g/mol. The highest BCUT2D eigenvalue weighted by molar-refractivity contribution is 6.28. The Morgan fingerprint density at radius 1 is 0.630 bits per heavy atom. The number of hydrogen-bond donors (Lipinski definition) is 0. The first kappa shape index (κ1) is 17.0. The van der Waals surface area contributed by atoms with E-state index in [1.54, 1.807) is 0 Å². The summed E-state index contributed by atoms with van der Waals surface area (Å²) < 4.78 is 0. The third kappa shape index (κ3) is 3.72. The van der Waals surface area contributed by atoms with Gasteiger partial charge in [0.1, 0.15) is 0 Å². The molecule has 27 heavy (non-hydrogen) atoms. The number of aromatic nitrogens is 2. The molecule has 0 aliphatic rings. The van der Waals surface area contributed by atoms with Crippen LogP contribution in [0, 0.1) is 11.3 Å². The molecule has 0 bridgehead atoms. The van der Waals surface area contributed by atoms with E-state index in [1.807, 2.05) is 78.9 Å². The molecule has 1 heterocycles. The van der Waals surface area contributed by atoms with Gasteiger partial charge < -0.3 is 0 Å². The van der Waals surface area contributed by atoms with Gasteiger partial charge in [-0.3, -0.25) is 0 Å². The summed E-state index contributed by atoms with van der Waals surface area (Å²) in [5, 5.41) is 9.18. The lowest BCUT2D eigenvalue weighted by Crippen LogP contribution is -1.92. The second-order valence-corrected chi connectivity index (χ2v) is 6.38.